The van der Waals surface area contributed by atoms with E-state index in [1.807, 2.05) is 26.0 Å². The second kappa shape index (κ2) is 10.1. The largest absolute Gasteiger partial charge is 0.438 e. The van der Waals surface area contributed by atoms with Crippen molar-refractivity contribution in [1.82, 2.24) is 20.1 Å². The highest BCUT2D eigenvalue weighted by molar-refractivity contribution is 5.74. The van der Waals surface area contributed by atoms with Crippen LogP contribution in [0.3, 0.4) is 0 Å². The van der Waals surface area contributed by atoms with E-state index in [2.05, 4.69) is 38.8 Å². The van der Waals surface area contributed by atoms with E-state index in [-0.39, 0.29) is 23.9 Å². The van der Waals surface area contributed by atoms with Gasteiger partial charge in [0.2, 0.25) is 5.95 Å². The summed E-state index contributed by atoms with van der Waals surface area (Å²) >= 11 is 0. The zero-order valence-electron chi connectivity index (χ0n) is 20.5. The Kier molecular flexibility index (Phi) is 7.13. The molecule has 10 heteroatoms. The van der Waals surface area contributed by atoms with E-state index in [1.54, 1.807) is 19.2 Å². The fraction of sp³-hybridized carbons (Fsp3) is 0.440. The van der Waals surface area contributed by atoms with Crippen LogP contribution >= 0.6 is 0 Å². The minimum atomic E-state index is -0.838. The molecule has 1 aliphatic rings. The number of benzene rings is 1. The SMILES string of the molecule is CNc1nc(-c2ccc(F)cc2)c(/C=C/[C@@H]2C[C@H](Cc3noc(=O)[nH]3)OC(C)(C)O2)c(C(C)C)n1. The Bertz CT molecular complexity index is 1250. The molecule has 9 nitrogen and oxygen atoms in total. The lowest BCUT2D eigenvalue weighted by Crippen LogP contribution is -2.44. The van der Waals surface area contributed by atoms with Crippen LogP contribution in [0.5, 0.6) is 0 Å². The highest BCUT2D eigenvalue weighted by Crippen LogP contribution is 2.33. The number of aromatic nitrogens is 4. The first-order chi connectivity index (χ1) is 16.6. The Morgan fingerprint density at radius 3 is 2.60 bits per heavy atom. The van der Waals surface area contributed by atoms with Crippen LogP contribution in [0.1, 0.15) is 57.1 Å². The quantitative estimate of drug-likeness (QED) is 0.511. The molecule has 0 spiro atoms. The number of hydrogen-bond donors (Lipinski definition) is 2. The summed E-state index contributed by atoms with van der Waals surface area (Å²) < 4.78 is 30.4. The zero-order valence-corrected chi connectivity index (χ0v) is 20.5. The molecule has 1 fully saturated rings. The fourth-order valence-corrected chi connectivity index (χ4v) is 4.19. The Balaban J connectivity index is 1.68. The minimum Gasteiger partial charge on any atom is -0.357 e. The third-order valence-electron chi connectivity index (χ3n) is 5.63. The molecule has 1 aromatic carbocycles. The molecule has 2 aromatic heterocycles. The first kappa shape index (κ1) is 24.7. The molecule has 35 heavy (non-hydrogen) atoms. The normalized spacial score (nSPS) is 20.0. The number of rotatable bonds is 7. The van der Waals surface area contributed by atoms with Crippen LogP contribution in [0.15, 0.2) is 39.7 Å². The van der Waals surface area contributed by atoms with E-state index < -0.39 is 11.5 Å². The summed E-state index contributed by atoms with van der Waals surface area (Å²) in [4.78, 5) is 23.2. The molecule has 3 aromatic rings. The molecule has 3 heterocycles. The molecular formula is C25H30FN5O4. The van der Waals surface area contributed by atoms with Crippen LogP contribution in [0.25, 0.3) is 17.3 Å². The topological polar surface area (TPSA) is 115 Å². The highest BCUT2D eigenvalue weighted by Gasteiger charge is 2.35. The van der Waals surface area contributed by atoms with Gasteiger partial charge in [0, 0.05) is 31.0 Å². The van der Waals surface area contributed by atoms with Crippen molar-refractivity contribution < 1.29 is 18.4 Å². The standard InChI is InChI=1S/C25H30FN5O4/c1-14(2)21-19(22(30-23(27-5)29-21)15-6-8-16(26)9-7-15)11-10-17-12-18(34-25(3,4)33-17)13-20-28-24(32)35-31-20/h6-11,14,17-18H,12-13H2,1-5H3,(H,27,29,30)(H,28,31,32)/b11-10+/t17-,18-/m1/s1. The van der Waals surface area contributed by atoms with E-state index in [9.17, 15) is 9.18 Å². The Labute approximate surface area is 202 Å². The summed E-state index contributed by atoms with van der Waals surface area (Å²) in [5, 5.41) is 6.76. The predicted molar refractivity (Wildman–Crippen MR) is 129 cm³/mol. The summed E-state index contributed by atoms with van der Waals surface area (Å²) in [6.07, 6.45) is 4.37. The maximum Gasteiger partial charge on any atom is 0.438 e. The number of nitrogens with one attached hydrogen (secondary N) is 2. The van der Waals surface area contributed by atoms with E-state index in [0.717, 1.165) is 16.8 Å². The number of anilines is 1. The second-order valence-corrected chi connectivity index (χ2v) is 9.24. The van der Waals surface area contributed by atoms with E-state index in [1.165, 1.54) is 12.1 Å². The lowest BCUT2D eigenvalue weighted by atomic mass is 9.97. The van der Waals surface area contributed by atoms with Gasteiger partial charge in [0.05, 0.1) is 23.6 Å². The van der Waals surface area contributed by atoms with Crippen LogP contribution in [-0.4, -0.2) is 45.2 Å². The molecule has 2 atom stereocenters. The summed E-state index contributed by atoms with van der Waals surface area (Å²) in [5.41, 5.74) is 3.19. The van der Waals surface area contributed by atoms with Crippen molar-refractivity contribution >= 4 is 12.0 Å². The third-order valence-corrected chi connectivity index (χ3v) is 5.63. The average Bonchev–Trinajstić information content (AvgIpc) is 3.20. The molecule has 4 rings (SSSR count). The van der Waals surface area contributed by atoms with Gasteiger partial charge in [0.15, 0.2) is 11.6 Å². The van der Waals surface area contributed by atoms with Gasteiger partial charge in [0.1, 0.15) is 5.82 Å². The van der Waals surface area contributed by atoms with Gasteiger partial charge in [-0.15, -0.1) is 0 Å². The van der Waals surface area contributed by atoms with Crippen molar-refractivity contribution in [2.75, 3.05) is 12.4 Å². The Hall–Kier alpha value is -3.37. The maximum absolute atomic E-state index is 13.6. The molecule has 0 bridgehead atoms. The summed E-state index contributed by atoms with van der Waals surface area (Å²) in [6, 6.07) is 6.26. The first-order valence-electron chi connectivity index (χ1n) is 11.6. The molecule has 1 aliphatic heterocycles. The van der Waals surface area contributed by atoms with Crippen molar-refractivity contribution in [3.05, 3.63) is 63.8 Å². The Morgan fingerprint density at radius 2 is 1.97 bits per heavy atom. The molecule has 0 aliphatic carbocycles. The van der Waals surface area contributed by atoms with Crippen molar-refractivity contribution in [3.8, 4) is 11.3 Å². The molecule has 0 saturated carbocycles. The van der Waals surface area contributed by atoms with E-state index >= 15 is 0 Å². The monoisotopic (exact) mass is 483 g/mol. The van der Waals surface area contributed by atoms with E-state index in [4.69, 9.17) is 14.5 Å². The number of hydrogen-bond acceptors (Lipinski definition) is 8. The summed E-state index contributed by atoms with van der Waals surface area (Å²) in [7, 11) is 1.77. The lowest BCUT2D eigenvalue weighted by Gasteiger charge is -2.39. The fourth-order valence-electron chi connectivity index (χ4n) is 4.19. The van der Waals surface area contributed by atoms with Crippen molar-refractivity contribution in [3.63, 3.8) is 0 Å². The van der Waals surface area contributed by atoms with Gasteiger partial charge in [-0.25, -0.2) is 19.2 Å². The van der Waals surface area contributed by atoms with Gasteiger partial charge in [-0.1, -0.05) is 31.2 Å². The van der Waals surface area contributed by atoms with Gasteiger partial charge >= 0.3 is 5.76 Å². The van der Waals surface area contributed by atoms with Gasteiger partial charge in [0.25, 0.3) is 0 Å². The molecule has 186 valence electrons. The van der Waals surface area contributed by atoms with Crippen LogP contribution in [0.4, 0.5) is 10.3 Å². The van der Waals surface area contributed by atoms with Crippen molar-refractivity contribution in [1.29, 1.82) is 0 Å². The number of ether oxygens (including phenoxy) is 2. The van der Waals surface area contributed by atoms with Gasteiger partial charge < -0.3 is 14.8 Å². The van der Waals surface area contributed by atoms with Crippen LogP contribution in [0.2, 0.25) is 0 Å². The van der Waals surface area contributed by atoms with Crippen LogP contribution < -0.4 is 11.1 Å². The maximum atomic E-state index is 13.6. The highest BCUT2D eigenvalue weighted by atomic mass is 19.1. The Morgan fingerprint density at radius 1 is 1.23 bits per heavy atom. The molecule has 0 radical (unpaired) electrons. The predicted octanol–water partition coefficient (Wildman–Crippen LogP) is 4.29. The lowest BCUT2D eigenvalue weighted by molar-refractivity contribution is -0.289. The molecular weight excluding hydrogens is 453 g/mol. The zero-order chi connectivity index (χ0) is 25.2. The average molecular weight is 484 g/mol. The van der Waals surface area contributed by atoms with Gasteiger partial charge in [-0.3, -0.25) is 9.51 Å². The number of H-pyrrole nitrogens is 1. The summed E-state index contributed by atoms with van der Waals surface area (Å²) in [5.74, 6) is -0.701. The van der Waals surface area contributed by atoms with E-state index in [0.29, 0.717) is 30.3 Å². The summed E-state index contributed by atoms with van der Waals surface area (Å²) in [6.45, 7) is 7.83. The number of nitrogens with zero attached hydrogens (tertiary/aromatic N) is 3. The minimum absolute atomic E-state index is 0.118. The molecule has 1 saturated heterocycles. The van der Waals surface area contributed by atoms with Crippen molar-refractivity contribution in [2.24, 2.45) is 0 Å². The number of aromatic amines is 1. The number of halogens is 1. The van der Waals surface area contributed by atoms with Gasteiger partial charge in [-0.2, -0.15) is 0 Å². The second-order valence-electron chi connectivity index (χ2n) is 9.24. The first-order valence-corrected chi connectivity index (χ1v) is 11.6. The van der Waals surface area contributed by atoms with Crippen molar-refractivity contribution in [2.45, 2.75) is 64.4 Å². The molecule has 0 unspecified atom stereocenters. The molecule has 0 amide bonds. The molecule has 2 N–H and O–H groups in total. The third kappa shape index (κ3) is 6.01. The van der Waals surface area contributed by atoms with Crippen LogP contribution in [-0.2, 0) is 15.9 Å². The van der Waals surface area contributed by atoms with Crippen LogP contribution in [0, 0.1) is 5.82 Å². The van der Waals surface area contributed by atoms with Gasteiger partial charge in [-0.05, 0) is 44.0 Å². The smallest absolute Gasteiger partial charge is 0.357 e.